The van der Waals surface area contributed by atoms with Gasteiger partial charge in [-0.1, -0.05) is 12.1 Å². The molecular weight excluding hydrogens is 441 g/mol. The molecule has 0 radical (unpaired) electrons. The van der Waals surface area contributed by atoms with Crippen LogP contribution in [0.15, 0.2) is 29.3 Å². The maximum atomic E-state index is 11.8. The maximum Gasteiger partial charge on any atom is 0.242 e. The average Bonchev–Trinajstić information content (AvgIpc) is 3.40. The van der Waals surface area contributed by atoms with Crippen molar-refractivity contribution < 1.29 is 4.79 Å². The van der Waals surface area contributed by atoms with Crippen LogP contribution in [0.5, 0.6) is 0 Å². The van der Waals surface area contributed by atoms with Gasteiger partial charge in [-0.05, 0) is 51.3 Å². The second-order valence-corrected chi connectivity index (χ2v) is 6.38. The van der Waals surface area contributed by atoms with Crippen molar-refractivity contribution in [1.29, 1.82) is 0 Å². The standard InChI is InChI=1S/C19H31N5O.HI/c1-4-20-19(22-14-18(25)23-16-9-10-16)21-11-12-24(5-2)17-8-6-7-15(3)13-17;/h6-8,13,16H,4-5,9-12,14H2,1-3H3,(H,23,25)(H2,20,21,22);1H. The van der Waals surface area contributed by atoms with E-state index in [-0.39, 0.29) is 36.4 Å². The first-order chi connectivity index (χ1) is 12.1. The number of aryl methyl sites for hydroxylation is 1. The first-order valence-corrected chi connectivity index (χ1v) is 9.25. The van der Waals surface area contributed by atoms with Gasteiger partial charge in [-0.15, -0.1) is 24.0 Å². The molecule has 0 bridgehead atoms. The van der Waals surface area contributed by atoms with Gasteiger partial charge in [0, 0.05) is 37.9 Å². The maximum absolute atomic E-state index is 11.8. The molecule has 7 heteroatoms. The van der Waals surface area contributed by atoms with E-state index in [0.717, 1.165) is 39.0 Å². The summed E-state index contributed by atoms with van der Waals surface area (Å²) in [6.45, 7) is 9.81. The van der Waals surface area contributed by atoms with Crippen LogP contribution in [0.3, 0.4) is 0 Å². The fourth-order valence-electron chi connectivity index (χ4n) is 2.60. The molecule has 1 aromatic rings. The quantitative estimate of drug-likeness (QED) is 0.293. The van der Waals surface area contributed by atoms with Gasteiger partial charge in [-0.3, -0.25) is 4.79 Å². The lowest BCUT2D eigenvalue weighted by Gasteiger charge is -2.24. The Morgan fingerprint density at radius 3 is 2.65 bits per heavy atom. The Morgan fingerprint density at radius 1 is 1.27 bits per heavy atom. The molecule has 6 nitrogen and oxygen atoms in total. The lowest BCUT2D eigenvalue weighted by atomic mass is 10.2. The predicted octanol–water partition coefficient (Wildman–Crippen LogP) is 2.27. The highest BCUT2D eigenvalue weighted by molar-refractivity contribution is 14.0. The van der Waals surface area contributed by atoms with Crippen molar-refractivity contribution in [3.8, 4) is 0 Å². The minimum absolute atomic E-state index is 0. The second kappa shape index (κ2) is 12.0. The summed E-state index contributed by atoms with van der Waals surface area (Å²) in [7, 11) is 0. The highest BCUT2D eigenvalue weighted by atomic mass is 127. The number of aliphatic imine (C=N–C) groups is 1. The van der Waals surface area contributed by atoms with Gasteiger partial charge >= 0.3 is 0 Å². The molecule has 1 aliphatic carbocycles. The van der Waals surface area contributed by atoms with Crippen LogP contribution in [0.25, 0.3) is 0 Å². The van der Waals surface area contributed by atoms with E-state index in [1.165, 1.54) is 11.3 Å². The number of nitrogens with zero attached hydrogens (tertiary/aromatic N) is 2. The van der Waals surface area contributed by atoms with E-state index in [0.29, 0.717) is 12.0 Å². The molecule has 1 amide bonds. The molecule has 0 heterocycles. The van der Waals surface area contributed by atoms with Gasteiger partial charge in [-0.25, -0.2) is 4.99 Å². The van der Waals surface area contributed by atoms with Gasteiger partial charge in [-0.2, -0.15) is 0 Å². The fraction of sp³-hybridized carbons (Fsp3) is 0.579. The van der Waals surface area contributed by atoms with Crippen LogP contribution >= 0.6 is 24.0 Å². The number of likely N-dealkylation sites (N-methyl/N-ethyl adjacent to an activating group) is 1. The first-order valence-electron chi connectivity index (χ1n) is 9.25. The SMILES string of the molecule is CCNC(=NCC(=O)NC1CC1)NCCN(CC)c1cccc(C)c1.I. The second-order valence-electron chi connectivity index (χ2n) is 6.38. The van der Waals surface area contributed by atoms with E-state index in [9.17, 15) is 4.79 Å². The van der Waals surface area contributed by atoms with Crippen molar-refractivity contribution in [2.24, 2.45) is 4.99 Å². The number of amides is 1. The lowest BCUT2D eigenvalue weighted by Crippen LogP contribution is -2.42. The Bertz CT molecular complexity index is 589. The third-order valence-corrected chi connectivity index (χ3v) is 4.09. The molecule has 1 saturated carbocycles. The molecule has 1 fully saturated rings. The lowest BCUT2D eigenvalue weighted by molar-refractivity contribution is -0.119. The summed E-state index contributed by atoms with van der Waals surface area (Å²) in [6, 6.07) is 8.91. The molecule has 0 aromatic heterocycles. The van der Waals surface area contributed by atoms with Crippen LogP contribution in [0.1, 0.15) is 32.3 Å². The Labute approximate surface area is 174 Å². The Kier molecular flexibility index (Phi) is 10.4. The summed E-state index contributed by atoms with van der Waals surface area (Å²) >= 11 is 0. The molecule has 1 aliphatic rings. The van der Waals surface area contributed by atoms with Crippen LogP contribution in [0, 0.1) is 6.92 Å². The number of hydrogen-bond acceptors (Lipinski definition) is 3. The molecule has 0 spiro atoms. The summed E-state index contributed by atoms with van der Waals surface area (Å²) in [5.41, 5.74) is 2.50. The molecule has 0 aliphatic heterocycles. The third kappa shape index (κ3) is 8.25. The van der Waals surface area contributed by atoms with E-state index in [1.54, 1.807) is 0 Å². The topological polar surface area (TPSA) is 68.8 Å². The summed E-state index contributed by atoms with van der Waals surface area (Å²) in [5, 5.41) is 9.45. The van der Waals surface area contributed by atoms with Crippen molar-refractivity contribution in [3.05, 3.63) is 29.8 Å². The molecule has 3 N–H and O–H groups in total. The highest BCUT2D eigenvalue weighted by Gasteiger charge is 2.22. The third-order valence-electron chi connectivity index (χ3n) is 4.09. The molecule has 146 valence electrons. The van der Waals surface area contributed by atoms with Crippen LogP contribution in [-0.2, 0) is 4.79 Å². The van der Waals surface area contributed by atoms with E-state index in [2.05, 4.69) is 64.0 Å². The number of nitrogens with one attached hydrogen (secondary N) is 3. The number of carbonyl (C=O) groups excluding carboxylic acids is 1. The number of carbonyl (C=O) groups is 1. The number of guanidine groups is 1. The van der Waals surface area contributed by atoms with Crippen LogP contribution < -0.4 is 20.9 Å². The average molecular weight is 473 g/mol. The number of rotatable bonds is 9. The Morgan fingerprint density at radius 2 is 2.04 bits per heavy atom. The number of benzene rings is 1. The van der Waals surface area contributed by atoms with E-state index < -0.39 is 0 Å². The molecular formula is C19H32IN5O. The Balaban J connectivity index is 0.00000338. The van der Waals surface area contributed by atoms with Gasteiger partial charge < -0.3 is 20.9 Å². The summed E-state index contributed by atoms with van der Waals surface area (Å²) < 4.78 is 0. The summed E-state index contributed by atoms with van der Waals surface area (Å²) in [5.74, 6) is 0.684. The summed E-state index contributed by atoms with van der Waals surface area (Å²) in [4.78, 5) is 18.5. The van der Waals surface area contributed by atoms with Crippen molar-refractivity contribution in [2.75, 3.05) is 37.6 Å². The molecule has 0 atom stereocenters. The van der Waals surface area contributed by atoms with E-state index >= 15 is 0 Å². The van der Waals surface area contributed by atoms with Crippen LogP contribution in [-0.4, -0.2) is 50.6 Å². The molecule has 0 saturated heterocycles. The van der Waals surface area contributed by atoms with Crippen molar-refractivity contribution in [1.82, 2.24) is 16.0 Å². The van der Waals surface area contributed by atoms with E-state index in [4.69, 9.17) is 0 Å². The van der Waals surface area contributed by atoms with Crippen molar-refractivity contribution >= 4 is 41.5 Å². The predicted molar refractivity (Wildman–Crippen MR) is 120 cm³/mol. The van der Waals surface area contributed by atoms with Gasteiger partial charge in [0.15, 0.2) is 5.96 Å². The Hall–Kier alpha value is -1.51. The highest BCUT2D eigenvalue weighted by Crippen LogP contribution is 2.18. The van der Waals surface area contributed by atoms with Crippen LogP contribution in [0.4, 0.5) is 5.69 Å². The number of halogens is 1. The monoisotopic (exact) mass is 473 g/mol. The van der Waals surface area contributed by atoms with Crippen LogP contribution in [0.2, 0.25) is 0 Å². The molecule has 2 rings (SSSR count). The molecule has 1 aromatic carbocycles. The zero-order valence-corrected chi connectivity index (χ0v) is 18.4. The van der Waals surface area contributed by atoms with Gasteiger partial charge in [0.05, 0.1) is 0 Å². The van der Waals surface area contributed by atoms with Gasteiger partial charge in [0.2, 0.25) is 5.91 Å². The smallest absolute Gasteiger partial charge is 0.242 e. The largest absolute Gasteiger partial charge is 0.370 e. The van der Waals surface area contributed by atoms with Gasteiger partial charge in [0.25, 0.3) is 0 Å². The van der Waals surface area contributed by atoms with Crippen molar-refractivity contribution in [2.45, 2.75) is 39.7 Å². The molecule has 26 heavy (non-hydrogen) atoms. The zero-order chi connectivity index (χ0) is 18.1. The summed E-state index contributed by atoms with van der Waals surface area (Å²) in [6.07, 6.45) is 2.19. The normalized spacial score (nSPS) is 13.6. The minimum atomic E-state index is -0.00496. The fourth-order valence-corrected chi connectivity index (χ4v) is 2.60. The van der Waals surface area contributed by atoms with Gasteiger partial charge in [0.1, 0.15) is 6.54 Å². The number of hydrogen-bond donors (Lipinski definition) is 3. The van der Waals surface area contributed by atoms with Crippen molar-refractivity contribution in [3.63, 3.8) is 0 Å². The van der Waals surface area contributed by atoms with E-state index in [1.807, 2.05) is 6.92 Å². The number of anilines is 1. The minimum Gasteiger partial charge on any atom is -0.370 e. The zero-order valence-electron chi connectivity index (χ0n) is 16.0. The molecule has 0 unspecified atom stereocenters. The first kappa shape index (κ1) is 22.5.